The first-order valence-electron chi connectivity index (χ1n) is 6.74. The lowest BCUT2D eigenvalue weighted by Gasteiger charge is -2.24. The van der Waals surface area contributed by atoms with Crippen LogP contribution in [0.25, 0.3) is 10.8 Å². The number of aliphatic hydroxyl groups is 1. The molecule has 0 amide bonds. The molecule has 0 aromatic heterocycles. The Bertz CT molecular complexity index is 600. The van der Waals surface area contributed by atoms with Crippen molar-refractivity contribution in [3.8, 4) is 0 Å². The number of halogens is 1. The summed E-state index contributed by atoms with van der Waals surface area (Å²) in [6.45, 7) is 1.63. The Morgan fingerprint density at radius 2 is 1.95 bits per heavy atom. The van der Waals surface area contributed by atoms with E-state index in [0.29, 0.717) is 0 Å². The maximum absolute atomic E-state index is 9.86. The highest BCUT2D eigenvalue weighted by Crippen LogP contribution is 2.15. The van der Waals surface area contributed by atoms with Crippen molar-refractivity contribution in [2.24, 2.45) is 4.99 Å². The SMILES string of the molecule is Cl.O[C@@H]1CCNC[C@H]1/N=C/c1ccc2ccccc2c1. The topological polar surface area (TPSA) is 44.6 Å². The van der Waals surface area contributed by atoms with Gasteiger partial charge in [0.05, 0.1) is 12.1 Å². The molecule has 0 bridgehead atoms. The fourth-order valence-electron chi connectivity index (χ4n) is 2.45. The molecule has 4 heteroatoms. The minimum Gasteiger partial charge on any atom is -0.391 e. The van der Waals surface area contributed by atoms with Crippen LogP contribution in [0.2, 0.25) is 0 Å². The molecule has 1 aliphatic heterocycles. The average Bonchev–Trinajstić information content (AvgIpc) is 2.46. The predicted molar refractivity (Wildman–Crippen MR) is 86.1 cm³/mol. The Kier molecular flexibility index (Phi) is 5.12. The second-order valence-corrected chi connectivity index (χ2v) is 5.01. The van der Waals surface area contributed by atoms with Crippen molar-refractivity contribution in [2.75, 3.05) is 13.1 Å². The Morgan fingerprint density at radius 1 is 1.15 bits per heavy atom. The lowest BCUT2D eigenvalue weighted by Crippen LogP contribution is -2.42. The largest absolute Gasteiger partial charge is 0.391 e. The first-order valence-corrected chi connectivity index (χ1v) is 6.74. The van der Waals surface area contributed by atoms with E-state index in [1.807, 2.05) is 18.3 Å². The van der Waals surface area contributed by atoms with Gasteiger partial charge in [0, 0.05) is 12.8 Å². The van der Waals surface area contributed by atoms with Crippen molar-refractivity contribution in [3.05, 3.63) is 48.0 Å². The molecule has 3 rings (SSSR count). The van der Waals surface area contributed by atoms with Crippen LogP contribution in [0.4, 0.5) is 0 Å². The molecule has 0 spiro atoms. The Morgan fingerprint density at radius 3 is 2.75 bits per heavy atom. The van der Waals surface area contributed by atoms with Crippen LogP contribution >= 0.6 is 12.4 Å². The van der Waals surface area contributed by atoms with Gasteiger partial charge in [-0.1, -0.05) is 36.4 Å². The van der Waals surface area contributed by atoms with E-state index < -0.39 is 0 Å². The summed E-state index contributed by atoms with van der Waals surface area (Å²) >= 11 is 0. The summed E-state index contributed by atoms with van der Waals surface area (Å²) in [4.78, 5) is 4.50. The number of hydrogen-bond donors (Lipinski definition) is 2. The van der Waals surface area contributed by atoms with Crippen LogP contribution in [0.1, 0.15) is 12.0 Å². The number of rotatable bonds is 2. The molecular weight excluding hydrogens is 272 g/mol. The van der Waals surface area contributed by atoms with Crippen LogP contribution in [-0.4, -0.2) is 36.6 Å². The maximum atomic E-state index is 9.86. The van der Waals surface area contributed by atoms with Crippen LogP contribution in [0.15, 0.2) is 47.5 Å². The van der Waals surface area contributed by atoms with Crippen molar-refractivity contribution in [2.45, 2.75) is 18.6 Å². The number of benzene rings is 2. The number of aliphatic hydroxyl groups excluding tert-OH is 1. The van der Waals surface area contributed by atoms with Gasteiger partial charge in [0.15, 0.2) is 0 Å². The first kappa shape index (κ1) is 15.0. The predicted octanol–water partition coefficient (Wildman–Crippen LogP) is 2.40. The third-order valence-corrected chi connectivity index (χ3v) is 3.60. The number of nitrogens with one attached hydrogen (secondary N) is 1. The monoisotopic (exact) mass is 290 g/mol. The van der Waals surface area contributed by atoms with Crippen LogP contribution in [0.5, 0.6) is 0 Å². The Hall–Kier alpha value is -1.42. The van der Waals surface area contributed by atoms with E-state index in [9.17, 15) is 5.11 Å². The Balaban J connectivity index is 0.00000147. The van der Waals surface area contributed by atoms with Gasteiger partial charge in [-0.2, -0.15) is 0 Å². The van der Waals surface area contributed by atoms with Crippen molar-refractivity contribution in [3.63, 3.8) is 0 Å². The van der Waals surface area contributed by atoms with Gasteiger partial charge in [-0.3, -0.25) is 4.99 Å². The number of nitrogens with zero attached hydrogens (tertiary/aromatic N) is 1. The van der Waals surface area contributed by atoms with Gasteiger partial charge in [-0.25, -0.2) is 0 Å². The van der Waals surface area contributed by atoms with E-state index in [1.54, 1.807) is 0 Å². The third kappa shape index (κ3) is 3.37. The fraction of sp³-hybridized carbons (Fsp3) is 0.312. The normalized spacial score (nSPS) is 22.9. The number of piperidine rings is 1. The second-order valence-electron chi connectivity index (χ2n) is 5.01. The van der Waals surface area contributed by atoms with E-state index in [1.165, 1.54) is 10.8 Å². The molecular formula is C16H19ClN2O. The second kappa shape index (κ2) is 6.84. The van der Waals surface area contributed by atoms with Crippen molar-refractivity contribution >= 4 is 29.4 Å². The van der Waals surface area contributed by atoms with Crippen LogP contribution in [0, 0.1) is 0 Å². The first-order chi connectivity index (χ1) is 9.33. The van der Waals surface area contributed by atoms with Crippen LogP contribution in [0.3, 0.4) is 0 Å². The number of fused-ring (bicyclic) bond motifs is 1. The summed E-state index contributed by atoms with van der Waals surface area (Å²) in [6, 6.07) is 14.6. The van der Waals surface area contributed by atoms with Crippen molar-refractivity contribution < 1.29 is 5.11 Å². The summed E-state index contributed by atoms with van der Waals surface area (Å²) in [7, 11) is 0. The molecule has 1 heterocycles. The summed E-state index contributed by atoms with van der Waals surface area (Å²) in [5, 5.41) is 15.6. The fourth-order valence-corrected chi connectivity index (χ4v) is 2.45. The zero-order chi connectivity index (χ0) is 13.1. The molecule has 106 valence electrons. The van der Waals surface area contributed by atoms with E-state index in [4.69, 9.17) is 0 Å². The number of aliphatic imine (C=N–C) groups is 1. The molecule has 0 radical (unpaired) electrons. The molecule has 1 fully saturated rings. The molecule has 2 aromatic carbocycles. The molecule has 2 N–H and O–H groups in total. The molecule has 2 aromatic rings. The lowest BCUT2D eigenvalue weighted by molar-refractivity contribution is 0.117. The molecule has 2 atom stereocenters. The third-order valence-electron chi connectivity index (χ3n) is 3.60. The van der Waals surface area contributed by atoms with E-state index >= 15 is 0 Å². The van der Waals surface area contributed by atoms with Crippen molar-refractivity contribution in [1.29, 1.82) is 0 Å². The van der Waals surface area contributed by atoms with E-state index in [-0.39, 0.29) is 24.6 Å². The lowest BCUT2D eigenvalue weighted by atomic mass is 10.0. The van der Waals surface area contributed by atoms with Gasteiger partial charge in [-0.15, -0.1) is 12.4 Å². The van der Waals surface area contributed by atoms with Gasteiger partial charge >= 0.3 is 0 Å². The quantitative estimate of drug-likeness (QED) is 0.834. The highest BCUT2D eigenvalue weighted by atomic mass is 35.5. The summed E-state index contributed by atoms with van der Waals surface area (Å²) in [5.41, 5.74) is 1.08. The van der Waals surface area contributed by atoms with Crippen molar-refractivity contribution in [1.82, 2.24) is 5.32 Å². The maximum Gasteiger partial charge on any atom is 0.0883 e. The van der Waals surface area contributed by atoms with Gasteiger partial charge in [0.25, 0.3) is 0 Å². The average molecular weight is 291 g/mol. The van der Waals surface area contributed by atoms with Crippen LogP contribution < -0.4 is 5.32 Å². The molecule has 3 nitrogen and oxygen atoms in total. The van der Waals surface area contributed by atoms with Gasteiger partial charge in [0.2, 0.25) is 0 Å². The molecule has 20 heavy (non-hydrogen) atoms. The van der Waals surface area contributed by atoms with Gasteiger partial charge < -0.3 is 10.4 Å². The van der Waals surface area contributed by atoms with E-state index in [0.717, 1.165) is 25.1 Å². The molecule has 0 unspecified atom stereocenters. The zero-order valence-corrected chi connectivity index (χ0v) is 12.0. The molecule has 1 saturated heterocycles. The minimum atomic E-state index is -0.321. The highest BCUT2D eigenvalue weighted by Gasteiger charge is 2.20. The molecule has 0 aliphatic carbocycles. The smallest absolute Gasteiger partial charge is 0.0883 e. The summed E-state index contributed by atoms with van der Waals surface area (Å²) in [6.07, 6.45) is 2.32. The van der Waals surface area contributed by atoms with Gasteiger partial charge in [-0.05, 0) is 35.4 Å². The van der Waals surface area contributed by atoms with E-state index in [2.05, 4.69) is 40.6 Å². The zero-order valence-electron chi connectivity index (χ0n) is 11.2. The minimum absolute atomic E-state index is 0. The highest BCUT2D eigenvalue weighted by molar-refractivity contribution is 5.90. The molecule has 0 saturated carbocycles. The standard InChI is InChI=1S/C16H18N2O.ClH/c19-16-7-8-17-11-15(16)18-10-12-5-6-13-3-1-2-4-14(13)9-12;/h1-6,9-10,15-17,19H,7-8,11H2;1H/b18-10+;/t15-,16-;/m1./s1. The Labute approximate surface area is 125 Å². The summed E-state index contributed by atoms with van der Waals surface area (Å²) < 4.78 is 0. The van der Waals surface area contributed by atoms with Crippen LogP contribution in [-0.2, 0) is 0 Å². The van der Waals surface area contributed by atoms with Gasteiger partial charge in [0.1, 0.15) is 0 Å². The number of hydrogen-bond acceptors (Lipinski definition) is 3. The molecule has 1 aliphatic rings. The summed E-state index contributed by atoms with van der Waals surface area (Å²) in [5.74, 6) is 0.